The van der Waals surface area contributed by atoms with Crippen molar-refractivity contribution in [3.05, 3.63) is 48.0 Å². The summed E-state index contributed by atoms with van der Waals surface area (Å²) >= 11 is 0. The van der Waals surface area contributed by atoms with Gasteiger partial charge in [0, 0.05) is 13.0 Å². The predicted octanol–water partition coefficient (Wildman–Crippen LogP) is 1.38. The van der Waals surface area contributed by atoms with Gasteiger partial charge in [-0.3, -0.25) is 14.4 Å². The molecule has 1 aliphatic rings. The molecule has 0 radical (unpaired) electrons. The second kappa shape index (κ2) is 15.2. The molecule has 2 rings (SSSR count). The zero-order chi connectivity index (χ0) is 23.0. The van der Waals surface area contributed by atoms with Gasteiger partial charge in [0.15, 0.2) is 0 Å². The van der Waals surface area contributed by atoms with Crippen LogP contribution in [0.3, 0.4) is 0 Å². The molecule has 0 aromatic heterocycles. The van der Waals surface area contributed by atoms with Crippen LogP contribution in [0, 0.1) is 11.8 Å². The van der Waals surface area contributed by atoms with Crippen molar-refractivity contribution < 1.29 is 29.0 Å². The number of ether oxygens (including phenoxy) is 2. The van der Waals surface area contributed by atoms with Crippen molar-refractivity contribution in [1.29, 1.82) is 0 Å². The van der Waals surface area contributed by atoms with Crippen LogP contribution in [0.1, 0.15) is 31.2 Å². The van der Waals surface area contributed by atoms with E-state index in [-0.39, 0.29) is 56.5 Å². The van der Waals surface area contributed by atoms with E-state index in [2.05, 4.69) is 10.6 Å². The average Bonchev–Trinajstić information content (AvgIpc) is 2.80. The minimum absolute atomic E-state index is 0.0621. The molecule has 176 valence electrons. The van der Waals surface area contributed by atoms with Gasteiger partial charge in [0.1, 0.15) is 6.61 Å². The van der Waals surface area contributed by atoms with E-state index in [1.807, 2.05) is 42.5 Å². The summed E-state index contributed by atoms with van der Waals surface area (Å²) in [5.74, 6) is -1.47. The topological polar surface area (TPSA) is 114 Å². The first kappa shape index (κ1) is 25.5. The van der Waals surface area contributed by atoms with Gasteiger partial charge < -0.3 is 25.2 Å². The number of benzene rings is 1. The molecule has 0 saturated heterocycles. The van der Waals surface area contributed by atoms with Crippen LogP contribution in [0.2, 0.25) is 0 Å². The third kappa shape index (κ3) is 10.1. The third-order valence-electron chi connectivity index (χ3n) is 5.18. The van der Waals surface area contributed by atoms with Crippen LogP contribution in [-0.2, 0) is 30.3 Å². The van der Waals surface area contributed by atoms with Gasteiger partial charge in [0.2, 0.25) is 11.8 Å². The summed E-state index contributed by atoms with van der Waals surface area (Å²) in [5, 5.41) is 14.2. The molecule has 32 heavy (non-hydrogen) atoms. The molecule has 1 heterocycles. The number of nitrogens with one attached hydrogen (secondary N) is 2. The zero-order valence-corrected chi connectivity index (χ0v) is 18.5. The number of aliphatic hydroxyl groups excluding tert-OH is 1. The van der Waals surface area contributed by atoms with Crippen LogP contribution < -0.4 is 10.6 Å². The van der Waals surface area contributed by atoms with Crippen LogP contribution in [0.5, 0.6) is 0 Å². The summed E-state index contributed by atoms with van der Waals surface area (Å²) in [6.45, 7) is 1.09. The number of rotatable bonds is 9. The predicted molar refractivity (Wildman–Crippen MR) is 120 cm³/mol. The van der Waals surface area contributed by atoms with Crippen molar-refractivity contribution in [1.82, 2.24) is 10.6 Å². The summed E-state index contributed by atoms with van der Waals surface area (Å²) in [4.78, 5) is 37.3. The maximum absolute atomic E-state index is 12.5. The van der Waals surface area contributed by atoms with Crippen molar-refractivity contribution in [2.75, 3.05) is 39.5 Å². The summed E-state index contributed by atoms with van der Waals surface area (Å²) in [6, 6.07) is 9.85. The molecule has 0 fully saturated rings. The average molecular weight is 447 g/mol. The Bertz CT molecular complexity index is 737. The van der Waals surface area contributed by atoms with E-state index in [0.29, 0.717) is 38.8 Å². The minimum atomic E-state index is -0.499. The Labute approximate surface area is 189 Å². The van der Waals surface area contributed by atoms with E-state index >= 15 is 0 Å². The Morgan fingerprint density at radius 1 is 1.16 bits per heavy atom. The highest BCUT2D eigenvalue weighted by Crippen LogP contribution is 2.18. The van der Waals surface area contributed by atoms with Gasteiger partial charge in [0.25, 0.3) is 0 Å². The number of hydrogen-bond acceptors (Lipinski definition) is 6. The fourth-order valence-electron chi connectivity index (χ4n) is 3.47. The van der Waals surface area contributed by atoms with E-state index in [1.165, 1.54) is 0 Å². The monoisotopic (exact) mass is 446 g/mol. The highest BCUT2D eigenvalue weighted by molar-refractivity contribution is 5.85. The highest BCUT2D eigenvalue weighted by atomic mass is 16.5. The molecule has 3 N–H and O–H groups in total. The number of hydrogen-bond donors (Lipinski definition) is 3. The van der Waals surface area contributed by atoms with E-state index in [1.54, 1.807) is 0 Å². The van der Waals surface area contributed by atoms with Gasteiger partial charge in [-0.2, -0.15) is 0 Å². The Morgan fingerprint density at radius 3 is 2.75 bits per heavy atom. The van der Waals surface area contributed by atoms with Crippen molar-refractivity contribution in [2.45, 2.75) is 32.1 Å². The van der Waals surface area contributed by atoms with Gasteiger partial charge in [-0.1, -0.05) is 42.5 Å². The van der Waals surface area contributed by atoms with Gasteiger partial charge >= 0.3 is 5.97 Å². The Hall–Kier alpha value is -2.71. The Kier molecular flexibility index (Phi) is 12.1. The Balaban J connectivity index is 1.89. The van der Waals surface area contributed by atoms with Crippen molar-refractivity contribution >= 4 is 17.8 Å². The number of aliphatic hydroxyl groups is 1. The first-order valence-electron chi connectivity index (χ1n) is 11.2. The molecule has 1 aliphatic heterocycles. The molecule has 8 heteroatoms. The van der Waals surface area contributed by atoms with Crippen LogP contribution in [0.4, 0.5) is 0 Å². The number of amides is 2. The Morgan fingerprint density at radius 2 is 1.97 bits per heavy atom. The van der Waals surface area contributed by atoms with Crippen LogP contribution in [0.25, 0.3) is 0 Å². The van der Waals surface area contributed by atoms with Crippen molar-refractivity contribution in [2.24, 2.45) is 11.8 Å². The van der Waals surface area contributed by atoms with Gasteiger partial charge in [-0.25, -0.2) is 0 Å². The van der Waals surface area contributed by atoms with E-state index in [0.717, 1.165) is 5.56 Å². The lowest BCUT2D eigenvalue weighted by molar-refractivity contribution is -0.149. The summed E-state index contributed by atoms with van der Waals surface area (Å²) in [5.41, 5.74) is 1.09. The largest absolute Gasteiger partial charge is 0.464 e. The van der Waals surface area contributed by atoms with E-state index in [4.69, 9.17) is 14.6 Å². The SMILES string of the molecule is O=C(CC1CC=CCCC(Cc2ccccc2)C(=O)OCCNC1=O)NCCOCCO. The summed E-state index contributed by atoms with van der Waals surface area (Å²) in [6.07, 6.45) is 6.34. The number of carbonyl (C=O) groups is 3. The molecule has 1 aromatic rings. The van der Waals surface area contributed by atoms with Crippen LogP contribution in [0.15, 0.2) is 42.5 Å². The number of cyclic esters (lactones) is 1. The van der Waals surface area contributed by atoms with E-state index < -0.39 is 5.92 Å². The second-order valence-corrected chi connectivity index (χ2v) is 7.72. The maximum Gasteiger partial charge on any atom is 0.309 e. The lowest BCUT2D eigenvalue weighted by Gasteiger charge is -2.16. The van der Waals surface area contributed by atoms with E-state index in [9.17, 15) is 14.4 Å². The van der Waals surface area contributed by atoms with Gasteiger partial charge in [-0.15, -0.1) is 0 Å². The molecule has 0 saturated carbocycles. The number of allylic oxidation sites excluding steroid dienone is 2. The smallest absolute Gasteiger partial charge is 0.309 e. The molecular weight excluding hydrogens is 412 g/mol. The lowest BCUT2D eigenvalue weighted by atomic mass is 9.94. The molecule has 0 bridgehead atoms. The summed E-state index contributed by atoms with van der Waals surface area (Å²) in [7, 11) is 0. The zero-order valence-electron chi connectivity index (χ0n) is 18.5. The number of carbonyl (C=O) groups excluding carboxylic acids is 3. The fraction of sp³-hybridized carbons (Fsp3) is 0.542. The van der Waals surface area contributed by atoms with Crippen molar-refractivity contribution in [3.8, 4) is 0 Å². The van der Waals surface area contributed by atoms with Crippen LogP contribution in [-0.4, -0.2) is 62.4 Å². The molecule has 8 nitrogen and oxygen atoms in total. The fourth-order valence-corrected chi connectivity index (χ4v) is 3.47. The minimum Gasteiger partial charge on any atom is -0.464 e. The molecule has 0 spiro atoms. The first-order valence-corrected chi connectivity index (χ1v) is 11.2. The molecule has 2 atom stereocenters. The molecule has 2 unspecified atom stereocenters. The van der Waals surface area contributed by atoms with Crippen molar-refractivity contribution in [3.63, 3.8) is 0 Å². The van der Waals surface area contributed by atoms with Gasteiger partial charge in [-0.05, 0) is 31.2 Å². The van der Waals surface area contributed by atoms with Crippen LogP contribution >= 0.6 is 0 Å². The van der Waals surface area contributed by atoms with Gasteiger partial charge in [0.05, 0.1) is 38.2 Å². The third-order valence-corrected chi connectivity index (χ3v) is 5.18. The molecular formula is C24H34N2O6. The quantitative estimate of drug-likeness (QED) is 0.300. The normalized spacial score (nSPS) is 20.3. The lowest BCUT2D eigenvalue weighted by Crippen LogP contribution is -2.37. The number of esters is 1. The highest BCUT2D eigenvalue weighted by Gasteiger charge is 2.23. The maximum atomic E-state index is 12.5. The molecule has 1 aromatic carbocycles. The summed E-state index contributed by atoms with van der Waals surface area (Å²) < 4.78 is 10.5. The molecule has 2 amide bonds. The standard InChI is InChI=1S/C24H34N2O6/c27-13-16-31-14-11-25-22(28)18-20-9-5-2-6-10-21(17-19-7-3-1-4-8-19)24(30)32-15-12-26-23(20)29/h1-5,7-8,20-21,27H,6,9-18H2,(H,25,28)(H,26,29). The second-order valence-electron chi connectivity index (χ2n) is 7.72. The first-order chi connectivity index (χ1) is 15.6. The molecule has 0 aliphatic carbocycles.